The maximum Gasteiger partial charge on any atom is 0.295 e. The van der Waals surface area contributed by atoms with E-state index in [1.807, 2.05) is 49.4 Å². The number of aliphatic hydroxyl groups excluding tert-OH is 1. The van der Waals surface area contributed by atoms with Gasteiger partial charge >= 0.3 is 0 Å². The third kappa shape index (κ3) is 8.58. The molecule has 0 unspecified atom stereocenters. The number of benzene rings is 2. The standard InChI is InChI=1S/C34H47NO3/c1-3-4-5-6-7-8-9-10-11-12-13-14-15-19-26-35-31(28-24-22-27(2)23-25-28)30(33(37)34(35)38)32(36)29-20-17-16-18-21-29/h16-18,20-25,31,36H,3-15,19,26H2,1-2H3/t31-/m1/s1. The van der Waals surface area contributed by atoms with Gasteiger partial charge in [-0.25, -0.2) is 0 Å². The van der Waals surface area contributed by atoms with Gasteiger partial charge in [0, 0.05) is 12.1 Å². The minimum absolute atomic E-state index is 0.0991. The second-order valence-electron chi connectivity index (χ2n) is 10.9. The van der Waals surface area contributed by atoms with Crippen LogP contribution in [0.25, 0.3) is 5.76 Å². The molecule has 0 spiro atoms. The number of ketones is 1. The summed E-state index contributed by atoms with van der Waals surface area (Å²) >= 11 is 0. The molecule has 4 heteroatoms. The third-order valence-electron chi connectivity index (χ3n) is 7.73. The molecule has 4 nitrogen and oxygen atoms in total. The topological polar surface area (TPSA) is 57.6 Å². The van der Waals surface area contributed by atoms with Crippen LogP contribution in [0.3, 0.4) is 0 Å². The maximum absolute atomic E-state index is 13.1. The number of aryl methyl sites for hydroxylation is 1. The van der Waals surface area contributed by atoms with Crippen molar-refractivity contribution < 1.29 is 14.7 Å². The van der Waals surface area contributed by atoms with E-state index in [1.54, 1.807) is 17.0 Å². The summed E-state index contributed by atoms with van der Waals surface area (Å²) in [6.45, 7) is 4.80. The van der Waals surface area contributed by atoms with Crippen LogP contribution in [-0.4, -0.2) is 28.2 Å². The zero-order valence-electron chi connectivity index (χ0n) is 23.6. The van der Waals surface area contributed by atoms with Crippen molar-refractivity contribution in [3.05, 3.63) is 76.9 Å². The second-order valence-corrected chi connectivity index (χ2v) is 10.9. The lowest BCUT2D eigenvalue weighted by Gasteiger charge is -2.25. The molecule has 0 radical (unpaired) electrons. The molecule has 1 atom stereocenters. The lowest BCUT2D eigenvalue weighted by molar-refractivity contribution is -0.139. The summed E-state index contributed by atoms with van der Waals surface area (Å²) in [5.41, 5.74) is 2.72. The van der Waals surface area contributed by atoms with E-state index in [-0.39, 0.29) is 11.3 Å². The number of hydrogen-bond donors (Lipinski definition) is 1. The van der Waals surface area contributed by atoms with Crippen LogP contribution < -0.4 is 0 Å². The van der Waals surface area contributed by atoms with Crippen molar-refractivity contribution in [1.29, 1.82) is 0 Å². The smallest absolute Gasteiger partial charge is 0.295 e. The Morgan fingerprint density at radius 2 is 1.21 bits per heavy atom. The number of aliphatic hydroxyl groups is 1. The van der Waals surface area contributed by atoms with Crippen LogP contribution in [0.15, 0.2) is 60.2 Å². The Bertz CT molecular complexity index is 1030. The molecule has 38 heavy (non-hydrogen) atoms. The quantitative estimate of drug-likeness (QED) is 0.0986. The van der Waals surface area contributed by atoms with Crippen molar-refractivity contribution in [2.24, 2.45) is 0 Å². The van der Waals surface area contributed by atoms with E-state index in [0.717, 1.165) is 30.4 Å². The van der Waals surface area contributed by atoms with Crippen molar-refractivity contribution >= 4 is 17.4 Å². The predicted molar refractivity (Wildman–Crippen MR) is 157 cm³/mol. The van der Waals surface area contributed by atoms with Gasteiger partial charge in [0.25, 0.3) is 11.7 Å². The Morgan fingerprint density at radius 3 is 1.74 bits per heavy atom. The first-order chi connectivity index (χ1) is 18.5. The van der Waals surface area contributed by atoms with Gasteiger partial charge in [0.15, 0.2) is 0 Å². The molecular formula is C34H47NO3. The Balaban J connectivity index is 1.50. The van der Waals surface area contributed by atoms with Gasteiger partial charge in [-0.1, -0.05) is 151 Å². The van der Waals surface area contributed by atoms with E-state index in [4.69, 9.17) is 0 Å². The number of hydrogen-bond acceptors (Lipinski definition) is 3. The van der Waals surface area contributed by atoms with Crippen LogP contribution in [0.1, 0.15) is 120 Å². The van der Waals surface area contributed by atoms with Gasteiger partial charge in [0.05, 0.1) is 11.6 Å². The van der Waals surface area contributed by atoms with Crippen molar-refractivity contribution in [2.45, 2.75) is 110 Å². The SMILES string of the molecule is CCCCCCCCCCCCCCCCN1C(=O)C(=O)C(=C(O)c2ccccc2)[C@H]1c1ccc(C)cc1. The van der Waals surface area contributed by atoms with E-state index in [2.05, 4.69) is 6.92 Å². The molecule has 206 valence electrons. The number of rotatable bonds is 17. The molecular weight excluding hydrogens is 470 g/mol. The van der Waals surface area contributed by atoms with Gasteiger partial charge in [0.1, 0.15) is 5.76 Å². The molecule has 1 heterocycles. The molecule has 1 fully saturated rings. The summed E-state index contributed by atoms with van der Waals surface area (Å²) in [7, 11) is 0. The van der Waals surface area contributed by atoms with Crippen LogP contribution in [0.2, 0.25) is 0 Å². The fourth-order valence-electron chi connectivity index (χ4n) is 5.43. The molecule has 1 aliphatic rings. The second kappa shape index (κ2) is 16.2. The van der Waals surface area contributed by atoms with Gasteiger partial charge in [-0.05, 0) is 18.9 Å². The molecule has 1 aliphatic heterocycles. The number of carbonyl (C=O) groups excluding carboxylic acids is 2. The van der Waals surface area contributed by atoms with Crippen molar-refractivity contribution in [1.82, 2.24) is 4.90 Å². The van der Waals surface area contributed by atoms with Gasteiger partial charge < -0.3 is 10.0 Å². The largest absolute Gasteiger partial charge is 0.507 e. The molecule has 2 aromatic carbocycles. The molecule has 1 amide bonds. The number of Topliss-reactive ketones (excluding diaryl/α,β-unsaturated/α-hetero) is 1. The van der Waals surface area contributed by atoms with Gasteiger partial charge in [-0.3, -0.25) is 9.59 Å². The fourth-order valence-corrected chi connectivity index (χ4v) is 5.43. The third-order valence-corrected chi connectivity index (χ3v) is 7.73. The summed E-state index contributed by atoms with van der Waals surface area (Å²) < 4.78 is 0. The predicted octanol–water partition coefficient (Wildman–Crippen LogP) is 8.90. The number of unbranched alkanes of at least 4 members (excludes halogenated alkanes) is 13. The fraction of sp³-hybridized carbons (Fsp3) is 0.529. The van der Waals surface area contributed by atoms with E-state index in [0.29, 0.717) is 12.1 Å². The lowest BCUT2D eigenvalue weighted by Crippen LogP contribution is -2.30. The Kier molecular flexibility index (Phi) is 12.6. The van der Waals surface area contributed by atoms with Crippen LogP contribution in [0, 0.1) is 6.92 Å². The molecule has 0 saturated carbocycles. The molecule has 0 aliphatic carbocycles. The number of carbonyl (C=O) groups is 2. The molecule has 2 aromatic rings. The lowest BCUT2D eigenvalue weighted by atomic mass is 9.94. The highest BCUT2D eigenvalue weighted by molar-refractivity contribution is 6.46. The highest BCUT2D eigenvalue weighted by atomic mass is 16.3. The monoisotopic (exact) mass is 517 g/mol. The summed E-state index contributed by atoms with van der Waals surface area (Å²) in [5, 5.41) is 11.1. The first kappa shape index (κ1) is 29.7. The van der Waals surface area contributed by atoms with Gasteiger partial charge in [-0.15, -0.1) is 0 Å². The number of likely N-dealkylation sites (tertiary alicyclic amines) is 1. The highest BCUT2D eigenvalue weighted by Crippen LogP contribution is 2.39. The maximum atomic E-state index is 13.1. The normalized spacial score (nSPS) is 16.9. The van der Waals surface area contributed by atoms with Crippen molar-refractivity contribution in [3.8, 4) is 0 Å². The van der Waals surface area contributed by atoms with Crippen molar-refractivity contribution in [2.75, 3.05) is 6.54 Å². The summed E-state index contributed by atoms with van der Waals surface area (Å²) in [4.78, 5) is 27.9. The van der Waals surface area contributed by atoms with E-state index in [1.165, 1.54) is 70.6 Å². The average Bonchev–Trinajstić information content (AvgIpc) is 3.18. The Hall–Kier alpha value is -2.88. The molecule has 0 aromatic heterocycles. The molecule has 1 N–H and O–H groups in total. The zero-order chi connectivity index (χ0) is 27.2. The minimum atomic E-state index is -0.595. The van der Waals surface area contributed by atoms with E-state index in [9.17, 15) is 14.7 Å². The Labute approximate surface area is 230 Å². The van der Waals surface area contributed by atoms with Gasteiger partial charge in [-0.2, -0.15) is 0 Å². The number of nitrogens with zero attached hydrogens (tertiary/aromatic N) is 1. The van der Waals surface area contributed by atoms with Crippen LogP contribution >= 0.6 is 0 Å². The van der Waals surface area contributed by atoms with E-state index >= 15 is 0 Å². The van der Waals surface area contributed by atoms with Crippen LogP contribution in [-0.2, 0) is 9.59 Å². The average molecular weight is 518 g/mol. The van der Waals surface area contributed by atoms with Crippen molar-refractivity contribution in [3.63, 3.8) is 0 Å². The summed E-state index contributed by atoms with van der Waals surface area (Å²) in [5.74, 6) is -1.21. The summed E-state index contributed by atoms with van der Waals surface area (Å²) in [6, 6.07) is 16.4. The molecule has 1 saturated heterocycles. The molecule has 3 rings (SSSR count). The highest BCUT2D eigenvalue weighted by Gasteiger charge is 2.45. The zero-order valence-corrected chi connectivity index (χ0v) is 23.6. The molecule has 0 bridgehead atoms. The first-order valence-electron chi connectivity index (χ1n) is 14.9. The van der Waals surface area contributed by atoms with Crippen LogP contribution in [0.5, 0.6) is 0 Å². The summed E-state index contributed by atoms with van der Waals surface area (Å²) in [6.07, 6.45) is 17.8. The minimum Gasteiger partial charge on any atom is -0.507 e. The van der Waals surface area contributed by atoms with Crippen LogP contribution in [0.4, 0.5) is 0 Å². The van der Waals surface area contributed by atoms with Gasteiger partial charge in [0.2, 0.25) is 0 Å². The number of amides is 1. The first-order valence-corrected chi connectivity index (χ1v) is 14.9. The Morgan fingerprint density at radius 1 is 0.711 bits per heavy atom. The van der Waals surface area contributed by atoms with E-state index < -0.39 is 17.7 Å².